The molecule has 1 nitrogen and oxygen atoms in total. The maximum atomic E-state index is 11.9. The van der Waals surface area contributed by atoms with Crippen LogP contribution in [0.15, 0.2) is 18.2 Å². The summed E-state index contributed by atoms with van der Waals surface area (Å²) in [6, 6.07) is 5.57. The molecule has 0 heterocycles. The van der Waals surface area contributed by atoms with E-state index in [4.69, 9.17) is 23.2 Å². The van der Waals surface area contributed by atoms with Crippen molar-refractivity contribution in [2.75, 3.05) is 0 Å². The summed E-state index contributed by atoms with van der Waals surface area (Å²) in [4.78, 5) is 11.9. The molecule has 1 fully saturated rings. The molecule has 0 aromatic heterocycles. The molecule has 0 aliphatic heterocycles. The van der Waals surface area contributed by atoms with Gasteiger partial charge in [-0.3, -0.25) is 4.79 Å². The molecule has 0 saturated heterocycles. The van der Waals surface area contributed by atoms with Crippen molar-refractivity contribution in [1.82, 2.24) is 0 Å². The van der Waals surface area contributed by atoms with Crippen molar-refractivity contribution in [3.8, 4) is 0 Å². The second-order valence-corrected chi connectivity index (χ2v) is 5.55. The van der Waals surface area contributed by atoms with Crippen LogP contribution in [-0.2, 0) is 4.79 Å². The van der Waals surface area contributed by atoms with Crippen molar-refractivity contribution in [2.45, 2.75) is 39.0 Å². The molecule has 0 N–H and O–H groups in total. The molecule has 1 aliphatic carbocycles. The Hall–Kier alpha value is -0.530. The lowest BCUT2D eigenvalue weighted by atomic mass is 9.54. The highest BCUT2D eigenvalue weighted by molar-refractivity contribution is 6.35. The van der Waals surface area contributed by atoms with E-state index in [1.807, 2.05) is 12.1 Å². The van der Waals surface area contributed by atoms with Crippen molar-refractivity contribution in [2.24, 2.45) is 5.41 Å². The fraction of sp³-hybridized carbons (Fsp3) is 0.500. The molecule has 1 aromatic rings. The van der Waals surface area contributed by atoms with Crippen LogP contribution < -0.4 is 0 Å². The molecular formula is C14H16Cl2O. The molecule has 17 heavy (non-hydrogen) atoms. The minimum atomic E-state index is -0.197. The van der Waals surface area contributed by atoms with Gasteiger partial charge in [0.1, 0.15) is 5.78 Å². The van der Waals surface area contributed by atoms with E-state index >= 15 is 0 Å². The van der Waals surface area contributed by atoms with E-state index in [0.717, 1.165) is 18.4 Å². The lowest BCUT2D eigenvalue weighted by Gasteiger charge is -2.47. The Morgan fingerprint density at radius 2 is 1.94 bits per heavy atom. The summed E-state index contributed by atoms with van der Waals surface area (Å²) < 4.78 is 0. The molecule has 0 bridgehead atoms. The number of ketones is 1. The number of benzene rings is 1. The third-order valence-corrected chi connectivity index (χ3v) is 4.77. The first kappa shape index (κ1) is 12.9. The van der Waals surface area contributed by atoms with Gasteiger partial charge in [-0.1, -0.05) is 43.1 Å². The van der Waals surface area contributed by atoms with E-state index in [1.165, 1.54) is 0 Å². The molecule has 1 saturated carbocycles. The third-order valence-electron chi connectivity index (χ3n) is 4.21. The van der Waals surface area contributed by atoms with Crippen LogP contribution in [0.5, 0.6) is 0 Å². The van der Waals surface area contributed by atoms with Gasteiger partial charge in [-0.2, -0.15) is 0 Å². The maximum Gasteiger partial charge on any atom is 0.140 e. The van der Waals surface area contributed by atoms with Crippen molar-refractivity contribution < 1.29 is 4.79 Å². The summed E-state index contributed by atoms with van der Waals surface area (Å²) in [6.07, 6.45) is 2.38. The van der Waals surface area contributed by atoms with E-state index in [0.29, 0.717) is 22.2 Å². The first-order chi connectivity index (χ1) is 8.05. The lowest BCUT2D eigenvalue weighted by Crippen LogP contribution is -2.47. The number of Topliss-reactive ketones (excluding diaryl/α,β-unsaturated/α-hetero) is 1. The highest BCUT2D eigenvalue weighted by Crippen LogP contribution is 2.55. The summed E-state index contributed by atoms with van der Waals surface area (Å²) in [5, 5.41) is 1.32. The fourth-order valence-electron chi connectivity index (χ4n) is 2.98. The van der Waals surface area contributed by atoms with Gasteiger partial charge in [-0.15, -0.1) is 0 Å². The Morgan fingerprint density at radius 1 is 1.29 bits per heavy atom. The largest absolute Gasteiger partial charge is 0.299 e. The average molecular weight is 271 g/mol. The lowest BCUT2D eigenvalue weighted by molar-refractivity contribution is -0.141. The molecule has 0 amide bonds. The van der Waals surface area contributed by atoms with Crippen LogP contribution in [0.1, 0.15) is 44.6 Å². The molecule has 2 rings (SSSR count). The monoisotopic (exact) mass is 270 g/mol. The van der Waals surface area contributed by atoms with Gasteiger partial charge >= 0.3 is 0 Å². The standard InChI is InChI=1S/C14H16Cl2O/c1-3-14(4-2)11(8-13(14)17)10-6-5-9(15)7-12(10)16/h5-7,11H,3-4,8H2,1-2H3. The average Bonchev–Trinajstić information content (AvgIpc) is 2.29. The second kappa shape index (κ2) is 4.62. The maximum absolute atomic E-state index is 11.9. The number of carbonyl (C=O) groups is 1. The molecule has 0 spiro atoms. The summed E-state index contributed by atoms with van der Waals surface area (Å²) >= 11 is 12.1. The predicted molar refractivity (Wildman–Crippen MR) is 71.8 cm³/mol. The molecule has 1 atom stereocenters. The Kier molecular flexibility index (Phi) is 3.51. The summed E-state index contributed by atoms with van der Waals surface area (Å²) in [5.74, 6) is 0.633. The summed E-state index contributed by atoms with van der Waals surface area (Å²) in [6.45, 7) is 4.16. The van der Waals surface area contributed by atoms with Crippen molar-refractivity contribution in [3.05, 3.63) is 33.8 Å². The minimum Gasteiger partial charge on any atom is -0.299 e. The number of carbonyl (C=O) groups excluding carboxylic acids is 1. The van der Waals surface area contributed by atoms with E-state index in [-0.39, 0.29) is 11.3 Å². The van der Waals surface area contributed by atoms with Gasteiger partial charge in [-0.05, 0) is 30.5 Å². The van der Waals surface area contributed by atoms with Gasteiger partial charge in [0, 0.05) is 27.8 Å². The Balaban J connectivity index is 2.38. The molecular weight excluding hydrogens is 255 g/mol. The first-order valence-corrected chi connectivity index (χ1v) is 6.79. The van der Waals surface area contributed by atoms with E-state index < -0.39 is 0 Å². The number of hydrogen-bond donors (Lipinski definition) is 0. The Bertz CT molecular complexity index is 450. The van der Waals surface area contributed by atoms with Crippen LogP contribution in [0.4, 0.5) is 0 Å². The van der Waals surface area contributed by atoms with E-state index in [9.17, 15) is 4.79 Å². The highest BCUT2D eigenvalue weighted by atomic mass is 35.5. The van der Waals surface area contributed by atoms with Crippen LogP contribution in [0.2, 0.25) is 10.0 Å². The van der Waals surface area contributed by atoms with Gasteiger partial charge < -0.3 is 0 Å². The topological polar surface area (TPSA) is 17.1 Å². The van der Waals surface area contributed by atoms with Gasteiger partial charge in [0.05, 0.1) is 0 Å². The molecule has 1 unspecified atom stereocenters. The zero-order chi connectivity index (χ0) is 12.6. The van der Waals surface area contributed by atoms with Crippen LogP contribution >= 0.6 is 23.2 Å². The van der Waals surface area contributed by atoms with Crippen molar-refractivity contribution >= 4 is 29.0 Å². The van der Waals surface area contributed by atoms with Gasteiger partial charge in [-0.25, -0.2) is 0 Å². The summed E-state index contributed by atoms with van der Waals surface area (Å²) in [5.41, 5.74) is 0.872. The fourth-order valence-corrected chi connectivity index (χ4v) is 3.52. The van der Waals surface area contributed by atoms with Crippen LogP contribution in [-0.4, -0.2) is 5.78 Å². The Labute approximate surface area is 112 Å². The number of rotatable bonds is 3. The molecule has 0 radical (unpaired) electrons. The van der Waals surface area contributed by atoms with E-state index in [2.05, 4.69) is 13.8 Å². The number of hydrogen-bond acceptors (Lipinski definition) is 1. The first-order valence-electron chi connectivity index (χ1n) is 6.03. The zero-order valence-corrected chi connectivity index (χ0v) is 11.6. The highest BCUT2D eigenvalue weighted by Gasteiger charge is 2.52. The van der Waals surface area contributed by atoms with Crippen LogP contribution in [0.25, 0.3) is 0 Å². The molecule has 92 valence electrons. The quantitative estimate of drug-likeness (QED) is 0.767. The van der Waals surface area contributed by atoms with Crippen molar-refractivity contribution in [3.63, 3.8) is 0 Å². The molecule has 1 aliphatic rings. The van der Waals surface area contributed by atoms with Gasteiger partial charge in [0.2, 0.25) is 0 Å². The third kappa shape index (κ3) is 1.90. The molecule has 1 aromatic carbocycles. The SMILES string of the molecule is CCC1(CC)C(=O)CC1c1ccc(Cl)cc1Cl. The van der Waals surface area contributed by atoms with Gasteiger partial charge in [0.15, 0.2) is 0 Å². The van der Waals surface area contributed by atoms with Crippen LogP contribution in [0.3, 0.4) is 0 Å². The van der Waals surface area contributed by atoms with Crippen molar-refractivity contribution in [1.29, 1.82) is 0 Å². The smallest absolute Gasteiger partial charge is 0.140 e. The van der Waals surface area contributed by atoms with Crippen LogP contribution in [0, 0.1) is 5.41 Å². The minimum absolute atomic E-state index is 0.197. The summed E-state index contributed by atoms with van der Waals surface area (Å²) in [7, 11) is 0. The second-order valence-electron chi connectivity index (χ2n) is 4.71. The predicted octanol–water partition coefficient (Wildman–Crippen LogP) is 4.86. The van der Waals surface area contributed by atoms with Gasteiger partial charge in [0.25, 0.3) is 0 Å². The zero-order valence-electron chi connectivity index (χ0n) is 10.1. The number of halogens is 2. The molecule has 3 heteroatoms. The Morgan fingerprint density at radius 3 is 2.41 bits per heavy atom. The normalized spacial score (nSPS) is 22.4. The van der Waals surface area contributed by atoms with E-state index in [1.54, 1.807) is 6.07 Å².